The summed E-state index contributed by atoms with van der Waals surface area (Å²) in [5, 5.41) is 3.80. The Balaban J connectivity index is 1.39. The van der Waals surface area contributed by atoms with Gasteiger partial charge in [0.15, 0.2) is 0 Å². The second kappa shape index (κ2) is 11.1. The zero-order chi connectivity index (χ0) is 23.2. The summed E-state index contributed by atoms with van der Waals surface area (Å²) in [7, 11) is 0. The van der Waals surface area contributed by atoms with Crippen LogP contribution in [0.2, 0.25) is 5.02 Å². The van der Waals surface area contributed by atoms with Crippen LogP contribution in [0.15, 0.2) is 48.5 Å². The molecule has 176 valence electrons. The van der Waals surface area contributed by atoms with Gasteiger partial charge in [-0.05, 0) is 49.6 Å². The molecule has 2 aromatic rings. The highest BCUT2D eigenvalue weighted by Crippen LogP contribution is 2.24. The summed E-state index contributed by atoms with van der Waals surface area (Å²) in [4.78, 5) is 30.2. The van der Waals surface area contributed by atoms with Gasteiger partial charge in [0.1, 0.15) is 0 Å². The number of carbonyl (C=O) groups is 2. The van der Waals surface area contributed by atoms with Crippen LogP contribution in [0.5, 0.6) is 0 Å². The molecule has 2 aromatic carbocycles. The van der Waals surface area contributed by atoms with Gasteiger partial charge in [0.25, 0.3) is 5.91 Å². The van der Waals surface area contributed by atoms with Crippen molar-refractivity contribution in [3.63, 3.8) is 0 Å². The first-order valence-corrected chi connectivity index (χ1v) is 12.1. The predicted molar refractivity (Wildman–Crippen MR) is 129 cm³/mol. The van der Waals surface area contributed by atoms with Gasteiger partial charge in [0, 0.05) is 43.3 Å². The first-order chi connectivity index (χ1) is 16.0. The third-order valence-electron chi connectivity index (χ3n) is 6.55. The molecule has 1 N–H and O–H groups in total. The molecule has 0 aliphatic carbocycles. The molecule has 4 rings (SSSR count). The highest BCUT2D eigenvalue weighted by Gasteiger charge is 2.30. The van der Waals surface area contributed by atoms with E-state index < -0.39 is 0 Å². The average Bonchev–Trinajstić information content (AvgIpc) is 2.85. The zero-order valence-electron chi connectivity index (χ0n) is 19.1. The van der Waals surface area contributed by atoms with Crippen molar-refractivity contribution in [1.29, 1.82) is 0 Å². The van der Waals surface area contributed by atoms with Crippen LogP contribution in [-0.4, -0.2) is 67.6 Å². The number of amides is 2. The number of hydrogen-bond donors (Lipinski definition) is 1. The molecule has 2 amide bonds. The Labute approximate surface area is 200 Å². The number of benzene rings is 2. The highest BCUT2D eigenvalue weighted by molar-refractivity contribution is 6.30. The van der Waals surface area contributed by atoms with Crippen molar-refractivity contribution in [2.75, 3.05) is 45.9 Å². The van der Waals surface area contributed by atoms with Crippen molar-refractivity contribution in [2.24, 2.45) is 5.92 Å². The first kappa shape index (κ1) is 23.7. The fourth-order valence-corrected chi connectivity index (χ4v) is 4.84. The molecule has 2 unspecified atom stereocenters. The summed E-state index contributed by atoms with van der Waals surface area (Å²) in [6.07, 6.45) is 1.62. The summed E-state index contributed by atoms with van der Waals surface area (Å²) in [5.74, 6) is -0.220. The molecule has 2 fully saturated rings. The average molecular weight is 470 g/mol. The largest absolute Gasteiger partial charge is 0.379 e. The maximum Gasteiger partial charge on any atom is 0.253 e. The summed E-state index contributed by atoms with van der Waals surface area (Å²) in [6.45, 7) is 6.87. The van der Waals surface area contributed by atoms with Crippen LogP contribution in [0.3, 0.4) is 0 Å². The van der Waals surface area contributed by atoms with Crippen LogP contribution in [0, 0.1) is 12.8 Å². The van der Waals surface area contributed by atoms with Gasteiger partial charge in [-0.25, -0.2) is 0 Å². The number of morpholine rings is 1. The maximum absolute atomic E-state index is 13.1. The summed E-state index contributed by atoms with van der Waals surface area (Å²) in [6, 6.07) is 15.5. The van der Waals surface area contributed by atoms with Crippen molar-refractivity contribution >= 4 is 23.4 Å². The number of nitrogens with zero attached hydrogens (tertiary/aromatic N) is 2. The van der Waals surface area contributed by atoms with Crippen LogP contribution in [0.4, 0.5) is 0 Å². The van der Waals surface area contributed by atoms with E-state index in [-0.39, 0.29) is 23.8 Å². The second-order valence-corrected chi connectivity index (χ2v) is 9.36. The molecule has 0 spiro atoms. The Kier molecular flexibility index (Phi) is 8.02. The molecular weight excluding hydrogens is 438 g/mol. The van der Waals surface area contributed by atoms with Crippen LogP contribution >= 0.6 is 11.6 Å². The SMILES string of the molecule is Cc1cccc(C(CNC(=O)C2CCCN(C(=O)c3ccc(Cl)cc3)C2)N2CCOCC2)c1. The fraction of sp³-hybridized carbons (Fsp3) is 0.462. The Morgan fingerprint density at radius 1 is 1.12 bits per heavy atom. The van der Waals surface area contributed by atoms with E-state index >= 15 is 0 Å². The summed E-state index contributed by atoms with van der Waals surface area (Å²) >= 11 is 5.95. The molecule has 0 bridgehead atoms. The fourth-order valence-electron chi connectivity index (χ4n) is 4.72. The maximum atomic E-state index is 13.1. The molecule has 6 nitrogen and oxygen atoms in total. The number of carbonyl (C=O) groups excluding carboxylic acids is 2. The number of likely N-dealkylation sites (tertiary alicyclic amines) is 1. The van der Waals surface area contributed by atoms with Gasteiger partial charge in [-0.15, -0.1) is 0 Å². The normalized spacial score (nSPS) is 20.3. The molecule has 7 heteroatoms. The van der Waals surface area contributed by atoms with E-state index in [0.717, 1.165) is 25.9 Å². The third-order valence-corrected chi connectivity index (χ3v) is 6.81. The molecule has 0 saturated carbocycles. The van der Waals surface area contributed by atoms with Crippen LogP contribution in [-0.2, 0) is 9.53 Å². The third kappa shape index (κ3) is 6.14. The van der Waals surface area contributed by atoms with Crippen LogP contribution in [0.25, 0.3) is 0 Å². The lowest BCUT2D eigenvalue weighted by molar-refractivity contribution is -0.126. The summed E-state index contributed by atoms with van der Waals surface area (Å²) in [5.41, 5.74) is 3.02. The Bertz CT molecular complexity index is 960. The van der Waals surface area contributed by atoms with E-state index in [0.29, 0.717) is 43.4 Å². The Morgan fingerprint density at radius 3 is 2.61 bits per heavy atom. The molecule has 2 aliphatic heterocycles. The minimum absolute atomic E-state index is 0.0227. The van der Waals surface area contributed by atoms with E-state index in [1.54, 1.807) is 29.2 Å². The lowest BCUT2D eigenvalue weighted by Crippen LogP contribution is -2.48. The Hall–Kier alpha value is -2.41. The zero-order valence-corrected chi connectivity index (χ0v) is 19.9. The number of halogens is 1. The Morgan fingerprint density at radius 2 is 1.88 bits per heavy atom. The molecule has 2 aliphatic rings. The van der Waals surface area contributed by atoms with Crippen LogP contribution < -0.4 is 5.32 Å². The van der Waals surface area contributed by atoms with Crippen molar-refractivity contribution < 1.29 is 14.3 Å². The van der Waals surface area contributed by atoms with Gasteiger partial charge >= 0.3 is 0 Å². The standard InChI is InChI=1S/C26H32ClN3O3/c1-19-4-2-5-21(16-19)24(29-12-14-33-15-13-29)17-28-25(31)22-6-3-11-30(18-22)26(32)20-7-9-23(27)10-8-20/h2,4-5,7-10,16,22,24H,3,6,11-15,17-18H2,1H3,(H,28,31). The minimum atomic E-state index is -0.196. The number of aryl methyl sites for hydroxylation is 1. The van der Waals surface area contributed by atoms with Gasteiger partial charge in [-0.1, -0.05) is 41.4 Å². The first-order valence-electron chi connectivity index (χ1n) is 11.7. The van der Waals surface area contributed by atoms with E-state index in [9.17, 15) is 9.59 Å². The lowest BCUT2D eigenvalue weighted by atomic mass is 9.96. The van der Waals surface area contributed by atoms with Gasteiger partial charge in [0.2, 0.25) is 5.91 Å². The predicted octanol–water partition coefficient (Wildman–Crippen LogP) is 3.69. The van der Waals surface area contributed by atoms with Crippen LogP contribution in [0.1, 0.15) is 40.4 Å². The van der Waals surface area contributed by atoms with E-state index in [1.807, 2.05) is 0 Å². The monoisotopic (exact) mass is 469 g/mol. The van der Waals surface area contributed by atoms with Gasteiger partial charge < -0.3 is 15.0 Å². The highest BCUT2D eigenvalue weighted by atomic mass is 35.5. The number of rotatable bonds is 6. The van der Waals surface area contributed by atoms with Crippen molar-refractivity contribution in [1.82, 2.24) is 15.1 Å². The van der Waals surface area contributed by atoms with E-state index in [2.05, 4.69) is 41.4 Å². The van der Waals surface area contributed by atoms with E-state index in [4.69, 9.17) is 16.3 Å². The molecule has 33 heavy (non-hydrogen) atoms. The number of piperidine rings is 1. The number of ether oxygens (including phenoxy) is 1. The summed E-state index contributed by atoms with van der Waals surface area (Å²) < 4.78 is 5.53. The van der Waals surface area contributed by atoms with E-state index in [1.165, 1.54) is 11.1 Å². The van der Waals surface area contributed by atoms with Gasteiger partial charge in [-0.2, -0.15) is 0 Å². The molecule has 0 radical (unpaired) electrons. The topological polar surface area (TPSA) is 61.9 Å². The molecule has 2 heterocycles. The molecule has 2 saturated heterocycles. The van der Waals surface area contributed by atoms with Gasteiger partial charge in [-0.3, -0.25) is 14.5 Å². The van der Waals surface area contributed by atoms with Crippen molar-refractivity contribution in [3.05, 3.63) is 70.2 Å². The number of nitrogens with one attached hydrogen (secondary N) is 1. The molecule has 2 atom stereocenters. The van der Waals surface area contributed by atoms with Crippen molar-refractivity contribution in [2.45, 2.75) is 25.8 Å². The quantitative estimate of drug-likeness (QED) is 0.700. The number of hydrogen-bond acceptors (Lipinski definition) is 4. The van der Waals surface area contributed by atoms with Crippen molar-refractivity contribution in [3.8, 4) is 0 Å². The van der Waals surface area contributed by atoms with Gasteiger partial charge in [0.05, 0.1) is 25.2 Å². The molecule has 0 aromatic heterocycles. The lowest BCUT2D eigenvalue weighted by Gasteiger charge is -2.36. The minimum Gasteiger partial charge on any atom is -0.379 e. The smallest absolute Gasteiger partial charge is 0.253 e. The molecular formula is C26H32ClN3O3. The second-order valence-electron chi connectivity index (χ2n) is 8.92.